The minimum atomic E-state index is -0.233. The maximum atomic E-state index is 13.7. The topological polar surface area (TPSA) is 37.3 Å². The Morgan fingerprint density at radius 1 is 0.935 bits per heavy atom. The number of hydrogen-bond donors (Lipinski definition) is 1. The minimum Gasteiger partial charge on any atom is -0.318 e. The second-order valence-corrected chi connectivity index (χ2v) is 8.12. The van der Waals surface area contributed by atoms with Crippen molar-refractivity contribution < 1.29 is 4.79 Å². The van der Waals surface area contributed by atoms with Gasteiger partial charge in [0.25, 0.3) is 0 Å². The number of para-hydroxylation sites is 1. The van der Waals surface area contributed by atoms with Crippen molar-refractivity contribution in [2.75, 3.05) is 5.32 Å². The molecule has 1 aliphatic rings. The van der Waals surface area contributed by atoms with E-state index in [1.807, 2.05) is 66.4 Å². The van der Waals surface area contributed by atoms with Gasteiger partial charge in [-0.3, -0.25) is 0 Å². The Labute approximate surface area is 186 Å². The number of aromatic nitrogens is 1. The molecule has 2 amide bonds. The van der Waals surface area contributed by atoms with Gasteiger partial charge in [-0.1, -0.05) is 66.2 Å². The van der Waals surface area contributed by atoms with Crippen LogP contribution in [-0.2, 0) is 6.54 Å². The number of carbonyl (C=O) groups excluding carboxylic acids is 1. The van der Waals surface area contributed by atoms with E-state index in [9.17, 15) is 4.79 Å². The first-order valence-corrected chi connectivity index (χ1v) is 10.6. The lowest BCUT2D eigenvalue weighted by Crippen LogP contribution is -2.38. The van der Waals surface area contributed by atoms with Gasteiger partial charge in [-0.25, -0.2) is 4.79 Å². The molecule has 1 N–H and O–H groups in total. The van der Waals surface area contributed by atoms with Crippen LogP contribution in [0.25, 0.3) is 5.69 Å². The number of hydrogen-bond acceptors (Lipinski definition) is 1. The number of amides is 2. The zero-order valence-corrected chi connectivity index (χ0v) is 17.9. The summed E-state index contributed by atoms with van der Waals surface area (Å²) in [7, 11) is 0. The first kappa shape index (κ1) is 19.5. The van der Waals surface area contributed by atoms with Gasteiger partial charge in [0.2, 0.25) is 0 Å². The summed E-state index contributed by atoms with van der Waals surface area (Å²) < 4.78 is 2.19. The van der Waals surface area contributed by atoms with Gasteiger partial charge in [-0.15, -0.1) is 0 Å². The van der Waals surface area contributed by atoms with Gasteiger partial charge in [0.1, 0.15) is 0 Å². The molecule has 31 heavy (non-hydrogen) atoms. The van der Waals surface area contributed by atoms with Crippen molar-refractivity contribution in [3.63, 3.8) is 0 Å². The number of carbonyl (C=O) groups is 1. The molecule has 2 heterocycles. The second-order valence-electron chi connectivity index (χ2n) is 7.72. The predicted octanol–water partition coefficient (Wildman–Crippen LogP) is 6.58. The average Bonchev–Trinajstić information content (AvgIpc) is 3.21. The van der Waals surface area contributed by atoms with Crippen molar-refractivity contribution in [3.05, 3.63) is 119 Å². The summed E-state index contributed by atoms with van der Waals surface area (Å²) in [5.74, 6) is 0. The molecular weight excluding hydrogens is 406 g/mol. The van der Waals surface area contributed by atoms with Crippen LogP contribution < -0.4 is 5.32 Å². The van der Waals surface area contributed by atoms with Gasteiger partial charge in [0.05, 0.1) is 18.3 Å². The Kier molecular flexibility index (Phi) is 5.00. The standard InChI is InChI=1S/C26H22ClN3O/c1-18-21(27)12-7-13-22(18)28-26(31)30-17-20-11-5-6-14-23(20)29-16-8-15-24(29)25(30)19-9-3-2-4-10-19/h2-16,25H,17H2,1H3,(H,28,31)/t25-/m0/s1. The highest BCUT2D eigenvalue weighted by Crippen LogP contribution is 2.37. The Balaban J connectivity index is 1.63. The smallest absolute Gasteiger partial charge is 0.318 e. The van der Waals surface area contributed by atoms with Crippen molar-refractivity contribution in [1.29, 1.82) is 0 Å². The van der Waals surface area contributed by atoms with Crippen molar-refractivity contribution in [2.45, 2.75) is 19.5 Å². The lowest BCUT2D eigenvalue weighted by atomic mass is 10.0. The number of nitrogens with one attached hydrogen (secondary N) is 1. The van der Waals surface area contributed by atoms with Crippen LogP contribution in [0.15, 0.2) is 91.1 Å². The molecule has 1 aliphatic heterocycles. The summed E-state index contributed by atoms with van der Waals surface area (Å²) in [4.78, 5) is 15.6. The highest BCUT2D eigenvalue weighted by molar-refractivity contribution is 6.31. The molecule has 0 fully saturated rings. The summed E-state index contributed by atoms with van der Waals surface area (Å²) in [6.07, 6.45) is 2.06. The van der Waals surface area contributed by atoms with Crippen molar-refractivity contribution >= 4 is 23.3 Å². The first-order valence-electron chi connectivity index (χ1n) is 10.3. The van der Waals surface area contributed by atoms with E-state index in [-0.39, 0.29) is 12.1 Å². The monoisotopic (exact) mass is 427 g/mol. The third-order valence-corrected chi connectivity index (χ3v) is 6.26. The lowest BCUT2D eigenvalue weighted by Gasteiger charge is -2.31. The minimum absolute atomic E-state index is 0.163. The number of anilines is 1. The van der Waals surface area contributed by atoms with Gasteiger partial charge < -0.3 is 14.8 Å². The predicted molar refractivity (Wildman–Crippen MR) is 125 cm³/mol. The van der Waals surface area contributed by atoms with E-state index < -0.39 is 0 Å². The van der Waals surface area contributed by atoms with Gasteiger partial charge >= 0.3 is 6.03 Å². The van der Waals surface area contributed by atoms with E-state index in [1.54, 1.807) is 0 Å². The van der Waals surface area contributed by atoms with Crippen molar-refractivity contribution in [2.24, 2.45) is 0 Å². The molecule has 0 bridgehead atoms. The van der Waals surface area contributed by atoms with Gasteiger partial charge in [0.15, 0.2) is 0 Å². The van der Waals surface area contributed by atoms with Gasteiger partial charge in [0, 0.05) is 22.6 Å². The number of rotatable bonds is 2. The van der Waals surface area contributed by atoms with E-state index in [0.717, 1.165) is 33.8 Å². The summed E-state index contributed by atoms with van der Waals surface area (Å²) in [5, 5.41) is 3.73. The van der Waals surface area contributed by atoms with Crippen LogP contribution in [0.4, 0.5) is 10.5 Å². The maximum absolute atomic E-state index is 13.7. The second kappa shape index (κ2) is 7.97. The van der Waals surface area contributed by atoms with Crippen molar-refractivity contribution in [1.82, 2.24) is 9.47 Å². The third-order valence-electron chi connectivity index (χ3n) is 5.85. The quantitative estimate of drug-likeness (QED) is 0.385. The van der Waals surface area contributed by atoms with Crippen molar-refractivity contribution in [3.8, 4) is 5.69 Å². The molecule has 5 rings (SSSR count). The SMILES string of the molecule is Cc1c(Cl)cccc1NC(=O)N1Cc2ccccc2-n2cccc2[C@@H]1c1ccccc1. The molecule has 0 saturated heterocycles. The Morgan fingerprint density at radius 2 is 1.71 bits per heavy atom. The highest BCUT2D eigenvalue weighted by atomic mass is 35.5. The number of benzene rings is 3. The summed E-state index contributed by atoms with van der Waals surface area (Å²) in [5.41, 5.74) is 5.88. The zero-order valence-electron chi connectivity index (χ0n) is 17.1. The average molecular weight is 428 g/mol. The van der Waals surface area contributed by atoms with E-state index in [2.05, 4.69) is 46.4 Å². The van der Waals surface area contributed by atoms with E-state index in [4.69, 9.17) is 11.6 Å². The number of halogens is 1. The molecule has 4 aromatic rings. The molecular formula is C26H22ClN3O. The molecule has 0 unspecified atom stereocenters. The summed E-state index contributed by atoms with van der Waals surface area (Å²) in [6, 6.07) is 27.7. The molecule has 1 aromatic heterocycles. The molecule has 0 saturated carbocycles. The fourth-order valence-electron chi connectivity index (χ4n) is 4.26. The van der Waals surface area contributed by atoms with E-state index >= 15 is 0 Å². The highest BCUT2D eigenvalue weighted by Gasteiger charge is 2.33. The third kappa shape index (κ3) is 3.49. The van der Waals surface area contributed by atoms with Crippen LogP contribution in [0.2, 0.25) is 5.02 Å². The molecule has 1 atom stereocenters. The molecule has 0 radical (unpaired) electrons. The van der Waals surface area contributed by atoms with Crippen LogP contribution in [0, 0.1) is 6.92 Å². The van der Waals surface area contributed by atoms with Crippen LogP contribution in [-0.4, -0.2) is 15.5 Å². The fourth-order valence-corrected chi connectivity index (χ4v) is 4.43. The lowest BCUT2D eigenvalue weighted by molar-refractivity contribution is 0.194. The summed E-state index contributed by atoms with van der Waals surface area (Å²) >= 11 is 6.28. The van der Waals surface area contributed by atoms with Gasteiger partial charge in [-0.2, -0.15) is 0 Å². The Hall–Kier alpha value is -3.50. The molecule has 0 aliphatic carbocycles. The Morgan fingerprint density at radius 3 is 2.55 bits per heavy atom. The maximum Gasteiger partial charge on any atom is 0.322 e. The fraction of sp³-hybridized carbons (Fsp3) is 0.115. The molecule has 154 valence electrons. The van der Waals surface area contributed by atoms with Crippen LogP contribution in [0.1, 0.15) is 28.4 Å². The normalized spacial score (nSPS) is 15.0. The van der Waals surface area contributed by atoms with Gasteiger partial charge in [-0.05, 0) is 53.9 Å². The molecule has 3 aromatic carbocycles. The first-order chi connectivity index (χ1) is 15.1. The Bertz CT molecular complexity index is 1250. The molecule has 0 spiro atoms. The summed E-state index contributed by atoms with van der Waals surface area (Å²) in [6.45, 7) is 2.40. The van der Waals surface area contributed by atoms with Crippen LogP contribution in [0.5, 0.6) is 0 Å². The number of nitrogens with zero attached hydrogens (tertiary/aromatic N) is 2. The van der Waals surface area contributed by atoms with E-state index in [0.29, 0.717) is 11.6 Å². The number of urea groups is 1. The zero-order chi connectivity index (χ0) is 21.4. The van der Waals surface area contributed by atoms with Crippen LogP contribution >= 0.6 is 11.6 Å². The van der Waals surface area contributed by atoms with Crippen LogP contribution in [0.3, 0.4) is 0 Å². The largest absolute Gasteiger partial charge is 0.322 e. The molecule has 4 nitrogen and oxygen atoms in total. The van der Waals surface area contributed by atoms with E-state index in [1.165, 1.54) is 0 Å². The molecule has 5 heteroatoms. The number of fused-ring (bicyclic) bond motifs is 3.